The van der Waals surface area contributed by atoms with E-state index in [1.807, 2.05) is 0 Å². The van der Waals surface area contributed by atoms with Gasteiger partial charge in [-0.3, -0.25) is 9.78 Å². The molecule has 0 N–H and O–H groups in total. The van der Waals surface area contributed by atoms with E-state index in [-0.39, 0.29) is 5.69 Å². The van der Waals surface area contributed by atoms with Crippen molar-refractivity contribution in [3.05, 3.63) is 29.6 Å². The van der Waals surface area contributed by atoms with Gasteiger partial charge in [0, 0.05) is 11.8 Å². The zero-order valence-corrected chi connectivity index (χ0v) is 7.04. The number of nitrogens with zero attached hydrogens (tertiary/aromatic N) is 1. The molecule has 0 aliphatic heterocycles. The first-order valence-corrected chi connectivity index (χ1v) is 3.64. The zero-order valence-electron chi connectivity index (χ0n) is 7.04. The van der Waals surface area contributed by atoms with Crippen molar-refractivity contribution >= 4 is 6.29 Å². The van der Waals surface area contributed by atoms with Crippen molar-refractivity contribution in [2.45, 2.75) is 19.5 Å². The van der Waals surface area contributed by atoms with E-state index in [0.717, 1.165) is 0 Å². The Morgan fingerprint density at radius 1 is 1.58 bits per heavy atom. The summed E-state index contributed by atoms with van der Waals surface area (Å²) in [5.74, 6) is 0. The first-order valence-electron chi connectivity index (χ1n) is 3.64. The van der Waals surface area contributed by atoms with Gasteiger partial charge < -0.3 is 0 Å². The van der Waals surface area contributed by atoms with Gasteiger partial charge >= 0.3 is 0 Å². The average Bonchev–Trinajstić information content (AvgIpc) is 2.03. The summed E-state index contributed by atoms with van der Waals surface area (Å²) in [5.41, 5.74) is -0.753. The Morgan fingerprint density at radius 3 is 2.75 bits per heavy atom. The maximum atomic E-state index is 13.3. The van der Waals surface area contributed by atoms with Crippen molar-refractivity contribution in [3.63, 3.8) is 0 Å². The molecule has 0 aromatic carbocycles. The monoisotopic (exact) mass is 167 g/mol. The van der Waals surface area contributed by atoms with Crippen molar-refractivity contribution in [2.75, 3.05) is 0 Å². The van der Waals surface area contributed by atoms with E-state index in [1.165, 1.54) is 26.1 Å². The summed E-state index contributed by atoms with van der Waals surface area (Å²) in [5, 5.41) is 0. The predicted molar refractivity (Wildman–Crippen MR) is 43.8 cm³/mol. The van der Waals surface area contributed by atoms with Gasteiger partial charge in [-0.05, 0) is 26.0 Å². The lowest BCUT2D eigenvalue weighted by Gasteiger charge is -2.12. The van der Waals surface area contributed by atoms with Gasteiger partial charge in [0.2, 0.25) is 0 Å². The number of hydrogen-bond acceptors (Lipinski definition) is 2. The molecular formula is C9H10FNO. The second kappa shape index (κ2) is 3.01. The largest absolute Gasteiger partial charge is 0.298 e. The third-order valence-corrected chi connectivity index (χ3v) is 1.53. The Balaban J connectivity index is 3.10. The molecule has 64 valence electrons. The van der Waals surface area contributed by atoms with Crippen molar-refractivity contribution in [3.8, 4) is 0 Å². The first kappa shape index (κ1) is 8.84. The van der Waals surface area contributed by atoms with Crippen LogP contribution in [0.1, 0.15) is 29.9 Å². The van der Waals surface area contributed by atoms with E-state index in [1.54, 1.807) is 6.07 Å². The van der Waals surface area contributed by atoms with Crippen LogP contribution in [0, 0.1) is 0 Å². The van der Waals surface area contributed by atoms with Crippen molar-refractivity contribution < 1.29 is 9.18 Å². The number of halogens is 1. The Kier molecular flexibility index (Phi) is 2.22. The molecule has 1 aromatic rings. The van der Waals surface area contributed by atoms with Crippen LogP contribution in [0.25, 0.3) is 0 Å². The number of pyridine rings is 1. The molecule has 0 fully saturated rings. The predicted octanol–water partition coefficient (Wildman–Crippen LogP) is 2.10. The van der Waals surface area contributed by atoms with Crippen molar-refractivity contribution in [1.29, 1.82) is 0 Å². The maximum absolute atomic E-state index is 13.3. The number of carbonyl (C=O) groups excluding carboxylic acids is 1. The zero-order chi connectivity index (χ0) is 9.19. The maximum Gasteiger partial charge on any atom is 0.150 e. The molecule has 1 heterocycles. The number of alkyl halides is 1. The van der Waals surface area contributed by atoms with Crippen LogP contribution in [0.4, 0.5) is 4.39 Å². The Bertz CT molecular complexity index is 291. The number of hydrogen-bond donors (Lipinski definition) is 0. The summed E-state index contributed by atoms with van der Waals surface area (Å²) in [6, 6.07) is 3.00. The smallest absolute Gasteiger partial charge is 0.150 e. The number of aldehydes is 1. The van der Waals surface area contributed by atoms with Crippen LogP contribution in [0.2, 0.25) is 0 Å². The van der Waals surface area contributed by atoms with E-state index in [2.05, 4.69) is 4.98 Å². The SMILES string of the molecule is CC(C)(F)c1cc(C=O)ccn1. The summed E-state index contributed by atoms with van der Waals surface area (Å²) in [6.45, 7) is 2.81. The highest BCUT2D eigenvalue weighted by Crippen LogP contribution is 2.22. The number of carbonyl (C=O) groups is 1. The fourth-order valence-electron chi connectivity index (χ4n) is 0.845. The lowest BCUT2D eigenvalue weighted by Crippen LogP contribution is -2.11. The van der Waals surface area contributed by atoms with E-state index in [9.17, 15) is 9.18 Å². The fraction of sp³-hybridized carbons (Fsp3) is 0.333. The lowest BCUT2D eigenvalue weighted by atomic mass is 10.1. The number of rotatable bonds is 2. The van der Waals surface area contributed by atoms with Crippen LogP contribution in [0.15, 0.2) is 18.3 Å². The highest BCUT2D eigenvalue weighted by molar-refractivity contribution is 5.74. The molecule has 0 aliphatic carbocycles. The molecular weight excluding hydrogens is 157 g/mol. The standard InChI is InChI=1S/C9H10FNO/c1-9(2,10)8-5-7(6-12)3-4-11-8/h3-6H,1-2H3. The quantitative estimate of drug-likeness (QED) is 0.631. The van der Waals surface area contributed by atoms with Crippen molar-refractivity contribution in [2.24, 2.45) is 0 Å². The van der Waals surface area contributed by atoms with Gasteiger partial charge in [-0.15, -0.1) is 0 Å². The second-order valence-electron chi connectivity index (χ2n) is 3.06. The first-order chi connectivity index (χ1) is 5.54. The second-order valence-corrected chi connectivity index (χ2v) is 3.06. The van der Waals surface area contributed by atoms with Crippen molar-refractivity contribution in [1.82, 2.24) is 4.98 Å². The molecule has 0 saturated heterocycles. The van der Waals surface area contributed by atoms with Crippen LogP contribution in [-0.4, -0.2) is 11.3 Å². The topological polar surface area (TPSA) is 30.0 Å². The molecule has 0 radical (unpaired) electrons. The molecule has 0 bridgehead atoms. The molecule has 0 unspecified atom stereocenters. The van der Waals surface area contributed by atoms with E-state index in [0.29, 0.717) is 11.8 Å². The summed E-state index contributed by atoms with van der Waals surface area (Å²) in [7, 11) is 0. The molecule has 0 aliphatic rings. The summed E-state index contributed by atoms with van der Waals surface area (Å²) in [4.78, 5) is 14.2. The van der Waals surface area contributed by atoms with Crippen LogP contribution in [0.3, 0.4) is 0 Å². The molecule has 0 atom stereocenters. The van der Waals surface area contributed by atoms with Gasteiger partial charge in [-0.1, -0.05) is 0 Å². The molecule has 0 saturated carbocycles. The summed E-state index contributed by atoms with van der Waals surface area (Å²) in [6.07, 6.45) is 2.11. The normalized spacial score (nSPS) is 11.2. The van der Waals surface area contributed by atoms with Gasteiger partial charge in [0.1, 0.15) is 12.0 Å². The van der Waals surface area contributed by atoms with Crippen LogP contribution >= 0.6 is 0 Å². The highest BCUT2D eigenvalue weighted by Gasteiger charge is 2.20. The van der Waals surface area contributed by atoms with Gasteiger partial charge in [-0.25, -0.2) is 4.39 Å². The highest BCUT2D eigenvalue weighted by atomic mass is 19.1. The third-order valence-electron chi connectivity index (χ3n) is 1.53. The lowest BCUT2D eigenvalue weighted by molar-refractivity contribution is 0.112. The number of aromatic nitrogens is 1. The fourth-order valence-corrected chi connectivity index (χ4v) is 0.845. The molecule has 3 heteroatoms. The minimum atomic E-state index is -1.49. The molecule has 12 heavy (non-hydrogen) atoms. The summed E-state index contributed by atoms with van der Waals surface area (Å²) < 4.78 is 13.3. The molecule has 0 spiro atoms. The van der Waals surface area contributed by atoms with E-state index in [4.69, 9.17) is 0 Å². The van der Waals surface area contributed by atoms with Crippen LogP contribution in [-0.2, 0) is 5.67 Å². The molecule has 1 rings (SSSR count). The van der Waals surface area contributed by atoms with Gasteiger partial charge in [-0.2, -0.15) is 0 Å². The molecule has 0 amide bonds. The Labute approximate surface area is 70.4 Å². The molecule has 2 nitrogen and oxygen atoms in total. The van der Waals surface area contributed by atoms with E-state index < -0.39 is 5.67 Å². The van der Waals surface area contributed by atoms with Gasteiger partial charge in [0.25, 0.3) is 0 Å². The van der Waals surface area contributed by atoms with Gasteiger partial charge in [0.15, 0.2) is 0 Å². The Morgan fingerprint density at radius 2 is 2.25 bits per heavy atom. The van der Waals surface area contributed by atoms with Crippen LogP contribution in [0.5, 0.6) is 0 Å². The average molecular weight is 167 g/mol. The minimum absolute atomic E-state index is 0.284. The minimum Gasteiger partial charge on any atom is -0.298 e. The van der Waals surface area contributed by atoms with Crippen LogP contribution < -0.4 is 0 Å². The summed E-state index contributed by atoms with van der Waals surface area (Å²) >= 11 is 0. The Hall–Kier alpha value is -1.25. The molecule has 1 aromatic heterocycles. The third kappa shape index (κ3) is 1.87. The van der Waals surface area contributed by atoms with E-state index >= 15 is 0 Å². The van der Waals surface area contributed by atoms with Gasteiger partial charge in [0.05, 0.1) is 5.69 Å².